The Morgan fingerprint density at radius 2 is 1.95 bits per heavy atom. The van der Waals surface area contributed by atoms with Gasteiger partial charge in [-0.3, -0.25) is 9.69 Å². The highest BCUT2D eigenvalue weighted by atomic mass is 16.2. The van der Waals surface area contributed by atoms with E-state index in [-0.39, 0.29) is 6.04 Å². The van der Waals surface area contributed by atoms with Gasteiger partial charge in [0.05, 0.1) is 6.04 Å². The number of hydrogen-bond donors (Lipinski definition) is 1. The number of carbonyl (C=O) groups excluding carboxylic acids is 1. The van der Waals surface area contributed by atoms with Crippen LogP contribution in [0.5, 0.6) is 0 Å². The highest BCUT2D eigenvalue weighted by Crippen LogP contribution is 2.22. The van der Waals surface area contributed by atoms with Crippen molar-refractivity contribution in [3.05, 3.63) is 18.1 Å². The lowest BCUT2D eigenvalue weighted by Gasteiger charge is -2.40. The molecule has 2 fully saturated rings. The molecule has 1 N–H and O–H groups in total. The largest absolute Gasteiger partial charge is 0.367 e. The number of nitrogens with zero attached hydrogens (tertiary/aromatic N) is 4. The molecule has 1 atom stereocenters. The third-order valence-corrected chi connectivity index (χ3v) is 4.76. The summed E-state index contributed by atoms with van der Waals surface area (Å²) < 4.78 is 0. The Balaban J connectivity index is 1.53. The molecule has 2 saturated heterocycles. The second-order valence-electron chi connectivity index (χ2n) is 6.42. The molecule has 0 bridgehead atoms. The standard InChI is InChI=1S/C16H25N5O/c1-12-10-15(18-11-17-12)19-13-5-8-21(9-6-13)14-4-3-7-20(2)16(14)22/h10-11,13-14H,3-9H2,1-2H3,(H,17,18,19). The zero-order valence-corrected chi connectivity index (χ0v) is 13.5. The molecular weight excluding hydrogens is 278 g/mol. The van der Waals surface area contributed by atoms with Crippen LogP contribution in [0, 0.1) is 6.92 Å². The van der Waals surface area contributed by atoms with Crippen molar-refractivity contribution in [1.82, 2.24) is 19.8 Å². The van der Waals surface area contributed by atoms with E-state index in [1.54, 1.807) is 6.33 Å². The monoisotopic (exact) mass is 303 g/mol. The fourth-order valence-electron chi connectivity index (χ4n) is 3.45. The molecule has 1 aromatic heterocycles. The molecule has 120 valence electrons. The molecule has 2 aliphatic rings. The number of likely N-dealkylation sites (tertiary alicyclic amines) is 2. The van der Waals surface area contributed by atoms with E-state index in [0.717, 1.165) is 56.8 Å². The van der Waals surface area contributed by atoms with Crippen molar-refractivity contribution in [3.8, 4) is 0 Å². The SMILES string of the molecule is Cc1cc(NC2CCN(C3CCCN(C)C3=O)CC2)ncn1. The van der Waals surface area contributed by atoms with Gasteiger partial charge in [0.2, 0.25) is 5.91 Å². The summed E-state index contributed by atoms with van der Waals surface area (Å²) in [6, 6.07) is 2.51. The van der Waals surface area contributed by atoms with Gasteiger partial charge < -0.3 is 10.2 Å². The number of carbonyl (C=O) groups is 1. The Labute approximate surface area is 131 Å². The minimum Gasteiger partial charge on any atom is -0.367 e. The fourth-order valence-corrected chi connectivity index (χ4v) is 3.45. The van der Waals surface area contributed by atoms with Gasteiger partial charge in [0.15, 0.2) is 0 Å². The van der Waals surface area contributed by atoms with Crippen LogP contribution in [0.4, 0.5) is 5.82 Å². The third-order valence-electron chi connectivity index (χ3n) is 4.76. The fraction of sp³-hybridized carbons (Fsp3) is 0.688. The molecule has 6 nitrogen and oxygen atoms in total. The number of aromatic nitrogens is 2. The highest BCUT2D eigenvalue weighted by molar-refractivity contribution is 5.82. The maximum absolute atomic E-state index is 12.3. The highest BCUT2D eigenvalue weighted by Gasteiger charge is 2.33. The Morgan fingerprint density at radius 1 is 1.18 bits per heavy atom. The smallest absolute Gasteiger partial charge is 0.239 e. The van der Waals surface area contributed by atoms with E-state index >= 15 is 0 Å². The molecule has 1 unspecified atom stereocenters. The zero-order chi connectivity index (χ0) is 15.5. The van der Waals surface area contributed by atoms with Gasteiger partial charge in [-0.1, -0.05) is 0 Å². The number of piperidine rings is 2. The summed E-state index contributed by atoms with van der Waals surface area (Å²) in [6.45, 7) is 4.83. The third kappa shape index (κ3) is 3.38. The molecule has 6 heteroatoms. The van der Waals surface area contributed by atoms with E-state index in [1.165, 1.54) is 0 Å². The average molecular weight is 303 g/mol. The molecule has 3 heterocycles. The van der Waals surface area contributed by atoms with Crippen LogP contribution in [0.25, 0.3) is 0 Å². The normalized spacial score (nSPS) is 24.5. The second kappa shape index (κ2) is 6.60. The quantitative estimate of drug-likeness (QED) is 0.911. The average Bonchev–Trinajstić information content (AvgIpc) is 2.51. The Morgan fingerprint density at radius 3 is 2.68 bits per heavy atom. The summed E-state index contributed by atoms with van der Waals surface area (Å²) in [5, 5.41) is 3.49. The van der Waals surface area contributed by atoms with E-state index in [4.69, 9.17) is 0 Å². The first-order valence-electron chi connectivity index (χ1n) is 8.17. The topological polar surface area (TPSA) is 61.4 Å². The summed E-state index contributed by atoms with van der Waals surface area (Å²) in [6.07, 6.45) is 5.83. The van der Waals surface area contributed by atoms with Crippen LogP contribution in [0.15, 0.2) is 12.4 Å². The van der Waals surface area contributed by atoms with Crippen LogP contribution in [0.3, 0.4) is 0 Å². The second-order valence-corrected chi connectivity index (χ2v) is 6.42. The lowest BCUT2D eigenvalue weighted by atomic mass is 9.98. The van der Waals surface area contributed by atoms with Gasteiger partial charge in [0, 0.05) is 44.5 Å². The zero-order valence-electron chi connectivity index (χ0n) is 13.5. The first-order chi connectivity index (χ1) is 10.6. The van der Waals surface area contributed by atoms with Crippen LogP contribution < -0.4 is 5.32 Å². The van der Waals surface area contributed by atoms with Gasteiger partial charge in [-0.2, -0.15) is 0 Å². The van der Waals surface area contributed by atoms with E-state index in [1.807, 2.05) is 24.9 Å². The number of nitrogens with one attached hydrogen (secondary N) is 1. The number of amides is 1. The van der Waals surface area contributed by atoms with Crippen molar-refractivity contribution in [2.75, 3.05) is 32.0 Å². The van der Waals surface area contributed by atoms with Crippen LogP contribution in [-0.2, 0) is 4.79 Å². The summed E-state index contributed by atoms with van der Waals surface area (Å²) >= 11 is 0. The Bertz CT molecular complexity index is 527. The molecule has 0 saturated carbocycles. The van der Waals surface area contributed by atoms with E-state index < -0.39 is 0 Å². The van der Waals surface area contributed by atoms with Crippen molar-refractivity contribution in [3.63, 3.8) is 0 Å². The molecule has 2 aliphatic heterocycles. The molecule has 0 aromatic carbocycles. The number of anilines is 1. The van der Waals surface area contributed by atoms with Gasteiger partial charge >= 0.3 is 0 Å². The summed E-state index contributed by atoms with van der Waals surface area (Å²) in [5.74, 6) is 1.20. The van der Waals surface area contributed by atoms with Crippen molar-refractivity contribution in [2.24, 2.45) is 0 Å². The molecule has 0 radical (unpaired) electrons. The lowest BCUT2D eigenvalue weighted by molar-refractivity contribution is -0.139. The molecule has 22 heavy (non-hydrogen) atoms. The van der Waals surface area contributed by atoms with E-state index in [0.29, 0.717) is 11.9 Å². The molecule has 0 aliphatic carbocycles. The van der Waals surface area contributed by atoms with Gasteiger partial charge in [-0.25, -0.2) is 9.97 Å². The van der Waals surface area contributed by atoms with Crippen molar-refractivity contribution < 1.29 is 4.79 Å². The predicted molar refractivity (Wildman–Crippen MR) is 85.6 cm³/mol. The number of hydrogen-bond acceptors (Lipinski definition) is 5. The molecule has 3 rings (SSSR count). The molecule has 1 aromatic rings. The summed E-state index contributed by atoms with van der Waals surface area (Å²) in [4.78, 5) is 24.9. The Kier molecular flexibility index (Phi) is 4.57. The first-order valence-corrected chi connectivity index (χ1v) is 8.17. The van der Waals surface area contributed by atoms with E-state index in [9.17, 15) is 4.79 Å². The van der Waals surface area contributed by atoms with Gasteiger partial charge in [0.1, 0.15) is 12.1 Å². The predicted octanol–water partition coefficient (Wildman–Crippen LogP) is 1.28. The van der Waals surface area contributed by atoms with Crippen molar-refractivity contribution >= 4 is 11.7 Å². The number of rotatable bonds is 3. The first kappa shape index (κ1) is 15.2. The van der Waals surface area contributed by atoms with Crippen LogP contribution in [-0.4, -0.2) is 64.4 Å². The molecule has 1 amide bonds. The minimum absolute atomic E-state index is 0.0981. The molecular formula is C16H25N5O. The molecule has 0 spiro atoms. The number of likely N-dealkylation sites (N-methyl/N-ethyl adjacent to an activating group) is 1. The summed E-state index contributed by atoms with van der Waals surface area (Å²) in [7, 11) is 1.92. The number of aryl methyl sites for hydroxylation is 1. The minimum atomic E-state index is 0.0981. The van der Waals surface area contributed by atoms with Crippen LogP contribution >= 0.6 is 0 Å². The maximum Gasteiger partial charge on any atom is 0.239 e. The van der Waals surface area contributed by atoms with Gasteiger partial charge in [-0.05, 0) is 32.6 Å². The summed E-state index contributed by atoms with van der Waals surface area (Å²) in [5.41, 5.74) is 0.978. The van der Waals surface area contributed by atoms with Crippen molar-refractivity contribution in [1.29, 1.82) is 0 Å². The maximum atomic E-state index is 12.3. The van der Waals surface area contributed by atoms with Gasteiger partial charge in [0.25, 0.3) is 0 Å². The van der Waals surface area contributed by atoms with E-state index in [2.05, 4.69) is 20.2 Å². The lowest BCUT2D eigenvalue weighted by Crippen LogP contribution is -2.54. The van der Waals surface area contributed by atoms with Crippen molar-refractivity contribution in [2.45, 2.75) is 44.7 Å². The van der Waals surface area contributed by atoms with Crippen LogP contribution in [0.2, 0.25) is 0 Å². The van der Waals surface area contributed by atoms with Crippen LogP contribution in [0.1, 0.15) is 31.4 Å². The Hall–Kier alpha value is -1.69. The van der Waals surface area contributed by atoms with Gasteiger partial charge in [-0.15, -0.1) is 0 Å².